The summed E-state index contributed by atoms with van der Waals surface area (Å²) in [6, 6.07) is 3.84. The van der Waals surface area contributed by atoms with Gasteiger partial charge in [-0.3, -0.25) is 0 Å². The fourth-order valence-corrected chi connectivity index (χ4v) is 1.56. The third-order valence-corrected chi connectivity index (χ3v) is 2.45. The second-order valence-electron chi connectivity index (χ2n) is 4.05. The van der Waals surface area contributed by atoms with Crippen LogP contribution >= 0.6 is 24.0 Å². The van der Waals surface area contributed by atoms with Gasteiger partial charge in [-0.15, -0.1) is 24.0 Å². The average Bonchev–Trinajstić information content (AvgIpc) is 2.46. The maximum absolute atomic E-state index is 5.37. The molecule has 0 aliphatic heterocycles. The zero-order valence-corrected chi connectivity index (χ0v) is 15.2. The van der Waals surface area contributed by atoms with Gasteiger partial charge in [0.2, 0.25) is 5.88 Å². The van der Waals surface area contributed by atoms with Crippen LogP contribution in [0.5, 0.6) is 5.88 Å². The Morgan fingerprint density at radius 3 is 2.81 bits per heavy atom. The van der Waals surface area contributed by atoms with E-state index in [0.717, 1.165) is 24.6 Å². The number of pyridine rings is 1. The molecule has 2 N–H and O–H groups in total. The average molecular weight is 408 g/mol. The summed E-state index contributed by atoms with van der Waals surface area (Å²) in [6.07, 6.45) is 1.74. The van der Waals surface area contributed by atoms with E-state index in [0.29, 0.717) is 25.6 Å². The Hall–Kier alpha value is -1.09. The van der Waals surface area contributed by atoms with Crippen LogP contribution in [0, 0.1) is 0 Å². The zero-order valence-electron chi connectivity index (χ0n) is 12.9. The molecule has 7 heteroatoms. The predicted octanol–water partition coefficient (Wildman–Crippen LogP) is 1.80. The molecule has 0 atom stereocenters. The number of aliphatic imine (C=N–C) groups is 1. The minimum atomic E-state index is 0. The summed E-state index contributed by atoms with van der Waals surface area (Å²) in [4.78, 5) is 8.65. The van der Waals surface area contributed by atoms with Gasteiger partial charge in [-0.2, -0.15) is 0 Å². The second kappa shape index (κ2) is 12.6. The van der Waals surface area contributed by atoms with E-state index >= 15 is 0 Å². The number of nitrogens with zero attached hydrogens (tertiary/aromatic N) is 2. The van der Waals surface area contributed by atoms with Crippen LogP contribution in [-0.4, -0.2) is 44.4 Å². The summed E-state index contributed by atoms with van der Waals surface area (Å²) < 4.78 is 10.4. The van der Waals surface area contributed by atoms with Crippen molar-refractivity contribution in [3.05, 3.63) is 23.9 Å². The Morgan fingerprint density at radius 2 is 2.14 bits per heavy atom. The molecule has 0 saturated heterocycles. The molecule has 1 aromatic rings. The van der Waals surface area contributed by atoms with Crippen LogP contribution in [0.25, 0.3) is 0 Å². The molecular weight excluding hydrogens is 383 g/mol. The molecule has 0 aliphatic carbocycles. The number of ether oxygens (including phenoxy) is 2. The number of hydrogen-bond acceptors (Lipinski definition) is 4. The number of aromatic nitrogens is 1. The lowest BCUT2D eigenvalue weighted by Crippen LogP contribution is -2.38. The van der Waals surface area contributed by atoms with Crippen LogP contribution in [0.4, 0.5) is 0 Å². The molecule has 0 radical (unpaired) electrons. The first-order valence-corrected chi connectivity index (χ1v) is 6.89. The summed E-state index contributed by atoms with van der Waals surface area (Å²) in [5, 5.41) is 6.39. The standard InChI is InChI=1S/C14H24N4O2.HI/c1-4-15-14(17-8-9-19-3)18-11-12-6-7-16-13(10-12)20-5-2;/h6-7,10H,4-5,8-9,11H2,1-3H3,(H2,15,17,18);1H. The molecule has 0 aromatic carbocycles. The SMILES string of the molecule is CCNC(=NCc1ccnc(OCC)c1)NCCOC.I. The molecule has 120 valence electrons. The minimum absolute atomic E-state index is 0. The van der Waals surface area contributed by atoms with Gasteiger partial charge in [-0.05, 0) is 25.5 Å². The largest absolute Gasteiger partial charge is 0.478 e. The monoisotopic (exact) mass is 408 g/mol. The van der Waals surface area contributed by atoms with Gasteiger partial charge in [0.1, 0.15) is 0 Å². The third-order valence-electron chi connectivity index (χ3n) is 2.45. The molecule has 0 bridgehead atoms. The second-order valence-corrected chi connectivity index (χ2v) is 4.05. The Kier molecular flexibility index (Phi) is 12.0. The molecule has 1 aromatic heterocycles. The summed E-state index contributed by atoms with van der Waals surface area (Å²) in [5.41, 5.74) is 1.06. The van der Waals surface area contributed by atoms with Gasteiger partial charge in [-0.1, -0.05) is 0 Å². The maximum atomic E-state index is 5.37. The Morgan fingerprint density at radius 1 is 1.33 bits per heavy atom. The first kappa shape index (κ1) is 19.9. The normalized spacial score (nSPS) is 10.7. The van der Waals surface area contributed by atoms with Crippen LogP contribution in [0.1, 0.15) is 19.4 Å². The van der Waals surface area contributed by atoms with Crippen molar-refractivity contribution in [1.82, 2.24) is 15.6 Å². The van der Waals surface area contributed by atoms with Gasteiger partial charge < -0.3 is 20.1 Å². The highest BCUT2D eigenvalue weighted by atomic mass is 127. The minimum Gasteiger partial charge on any atom is -0.478 e. The van der Waals surface area contributed by atoms with Gasteiger partial charge in [0.15, 0.2) is 5.96 Å². The van der Waals surface area contributed by atoms with Crippen molar-refractivity contribution in [1.29, 1.82) is 0 Å². The van der Waals surface area contributed by atoms with Gasteiger partial charge in [0, 0.05) is 32.5 Å². The lowest BCUT2D eigenvalue weighted by Gasteiger charge is -2.11. The summed E-state index contributed by atoms with van der Waals surface area (Å²) in [6.45, 7) is 7.35. The zero-order chi connectivity index (χ0) is 14.6. The van der Waals surface area contributed by atoms with E-state index in [1.807, 2.05) is 26.0 Å². The highest BCUT2D eigenvalue weighted by Gasteiger charge is 1.99. The van der Waals surface area contributed by atoms with E-state index < -0.39 is 0 Å². The van der Waals surface area contributed by atoms with Crippen LogP contribution in [0.15, 0.2) is 23.3 Å². The summed E-state index contributed by atoms with van der Waals surface area (Å²) in [7, 11) is 1.68. The quantitative estimate of drug-likeness (QED) is 0.297. The smallest absolute Gasteiger partial charge is 0.213 e. The van der Waals surface area contributed by atoms with Crippen LogP contribution < -0.4 is 15.4 Å². The number of hydrogen-bond donors (Lipinski definition) is 2. The van der Waals surface area contributed by atoms with Gasteiger partial charge >= 0.3 is 0 Å². The van der Waals surface area contributed by atoms with E-state index in [-0.39, 0.29) is 24.0 Å². The number of nitrogens with one attached hydrogen (secondary N) is 2. The van der Waals surface area contributed by atoms with E-state index in [4.69, 9.17) is 9.47 Å². The number of methoxy groups -OCH3 is 1. The van der Waals surface area contributed by atoms with Crippen LogP contribution in [-0.2, 0) is 11.3 Å². The van der Waals surface area contributed by atoms with Crippen molar-refractivity contribution in [2.75, 3.05) is 33.4 Å². The number of guanidine groups is 1. The van der Waals surface area contributed by atoms with Gasteiger partial charge in [0.25, 0.3) is 0 Å². The molecule has 0 amide bonds. The highest BCUT2D eigenvalue weighted by Crippen LogP contribution is 2.10. The topological polar surface area (TPSA) is 67.8 Å². The lowest BCUT2D eigenvalue weighted by molar-refractivity contribution is 0.203. The van der Waals surface area contributed by atoms with E-state index in [9.17, 15) is 0 Å². The molecule has 1 heterocycles. The van der Waals surface area contributed by atoms with Gasteiger partial charge in [-0.25, -0.2) is 9.98 Å². The lowest BCUT2D eigenvalue weighted by atomic mass is 10.3. The van der Waals surface area contributed by atoms with Crippen molar-refractivity contribution in [2.24, 2.45) is 4.99 Å². The molecule has 0 saturated carbocycles. The molecule has 0 unspecified atom stereocenters. The van der Waals surface area contributed by atoms with Crippen molar-refractivity contribution < 1.29 is 9.47 Å². The molecule has 6 nitrogen and oxygen atoms in total. The van der Waals surface area contributed by atoms with Crippen LogP contribution in [0.3, 0.4) is 0 Å². The molecular formula is C14H25IN4O2. The van der Waals surface area contributed by atoms with Crippen molar-refractivity contribution >= 4 is 29.9 Å². The molecule has 1 rings (SSSR count). The van der Waals surface area contributed by atoms with E-state index in [2.05, 4.69) is 20.6 Å². The number of halogens is 1. The first-order valence-electron chi connectivity index (χ1n) is 6.89. The fraction of sp³-hybridized carbons (Fsp3) is 0.571. The molecule has 0 fully saturated rings. The fourth-order valence-electron chi connectivity index (χ4n) is 1.56. The van der Waals surface area contributed by atoms with E-state index in [1.54, 1.807) is 13.3 Å². The number of rotatable bonds is 8. The Labute approximate surface area is 143 Å². The summed E-state index contributed by atoms with van der Waals surface area (Å²) >= 11 is 0. The van der Waals surface area contributed by atoms with Crippen molar-refractivity contribution in [3.63, 3.8) is 0 Å². The van der Waals surface area contributed by atoms with E-state index in [1.165, 1.54) is 0 Å². The predicted molar refractivity (Wildman–Crippen MR) is 95.5 cm³/mol. The maximum Gasteiger partial charge on any atom is 0.213 e. The summed E-state index contributed by atoms with van der Waals surface area (Å²) in [5.74, 6) is 1.41. The van der Waals surface area contributed by atoms with Gasteiger partial charge in [0.05, 0.1) is 19.8 Å². The van der Waals surface area contributed by atoms with Crippen molar-refractivity contribution in [2.45, 2.75) is 20.4 Å². The first-order chi connectivity index (χ1) is 9.80. The Bertz CT molecular complexity index is 416. The highest BCUT2D eigenvalue weighted by molar-refractivity contribution is 14.0. The Balaban J connectivity index is 0.00000400. The molecule has 0 aliphatic rings. The van der Waals surface area contributed by atoms with Crippen LogP contribution in [0.2, 0.25) is 0 Å². The molecule has 0 spiro atoms. The molecule has 21 heavy (non-hydrogen) atoms. The third kappa shape index (κ3) is 8.71. The van der Waals surface area contributed by atoms with Crippen molar-refractivity contribution in [3.8, 4) is 5.88 Å².